The molecular weight excluding hydrogens is 272 g/mol. The van der Waals surface area contributed by atoms with Crippen molar-refractivity contribution in [1.82, 2.24) is 5.32 Å². The molecule has 0 saturated heterocycles. The summed E-state index contributed by atoms with van der Waals surface area (Å²) in [6.07, 6.45) is 0. The molecule has 2 aromatic rings. The van der Waals surface area contributed by atoms with Crippen molar-refractivity contribution in [1.29, 1.82) is 0 Å². The summed E-state index contributed by atoms with van der Waals surface area (Å²) in [6, 6.07) is 13.2. The van der Waals surface area contributed by atoms with Gasteiger partial charge in [-0.1, -0.05) is 41.9 Å². The van der Waals surface area contributed by atoms with Crippen molar-refractivity contribution in [2.24, 2.45) is 0 Å². The van der Waals surface area contributed by atoms with Crippen LogP contribution in [0.5, 0.6) is 0 Å². The number of rotatable bonds is 3. The fourth-order valence-corrected chi connectivity index (χ4v) is 2.07. The number of hydrogen-bond acceptors (Lipinski definition) is 1. The minimum Gasteiger partial charge on any atom is -0.334 e. The zero-order valence-corrected chi connectivity index (χ0v) is 12.3. The van der Waals surface area contributed by atoms with Gasteiger partial charge in [-0.25, -0.2) is 4.79 Å². The zero-order valence-electron chi connectivity index (χ0n) is 11.5. The molecule has 0 unspecified atom stereocenters. The Labute approximate surface area is 124 Å². The van der Waals surface area contributed by atoms with Gasteiger partial charge in [0.15, 0.2) is 0 Å². The topological polar surface area (TPSA) is 41.1 Å². The van der Waals surface area contributed by atoms with Gasteiger partial charge in [-0.3, -0.25) is 0 Å². The van der Waals surface area contributed by atoms with Gasteiger partial charge in [0, 0.05) is 17.3 Å². The quantitative estimate of drug-likeness (QED) is 0.869. The second-order valence-corrected chi connectivity index (χ2v) is 5.05. The number of benzene rings is 2. The molecular formula is C16H17ClN2O. The average Bonchev–Trinajstić information content (AvgIpc) is 2.43. The molecule has 3 nitrogen and oxygen atoms in total. The van der Waals surface area contributed by atoms with Crippen molar-refractivity contribution < 1.29 is 4.79 Å². The van der Waals surface area contributed by atoms with Gasteiger partial charge >= 0.3 is 6.03 Å². The Bertz CT molecular complexity index is 626. The minimum atomic E-state index is -0.237. The molecule has 20 heavy (non-hydrogen) atoms. The fourth-order valence-electron chi connectivity index (χ4n) is 1.89. The van der Waals surface area contributed by atoms with E-state index in [0.29, 0.717) is 11.6 Å². The van der Waals surface area contributed by atoms with Crippen LogP contribution in [0.1, 0.15) is 16.7 Å². The van der Waals surface area contributed by atoms with Gasteiger partial charge in [0.05, 0.1) is 0 Å². The van der Waals surface area contributed by atoms with Gasteiger partial charge in [0.2, 0.25) is 0 Å². The Kier molecular flexibility index (Phi) is 4.64. The van der Waals surface area contributed by atoms with Crippen molar-refractivity contribution in [2.45, 2.75) is 20.4 Å². The lowest BCUT2D eigenvalue weighted by Crippen LogP contribution is -2.28. The van der Waals surface area contributed by atoms with Crippen LogP contribution in [0.3, 0.4) is 0 Å². The molecule has 0 aromatic heterocycles. The van der Waals surface area contributed by atoms with Crippen LogP contribution in [0.25, 0.3) is 0 Å². The Hall–Kier alpha value is -2.00. The molecule has 0 spiro atoms. The number of carbonyl (C=O) groups is 1. The SMILES string of the molecule is Cc1ccccc1CNC(=O)Nc1cccc(Cl)c1C. The number of amides is 2. The van der Waals surface area contributed by atoms with Crippen LogP contribution in [-0.2, 0) is 6.54 Å². The van der Waals surface area contributed by atoms with E-state index in [2.05, 4.69) is 10.6 Å². The number of hydrogen-bond donors (Lipinski definition) is 2. The predicted octanol–water partition coefficient (Wildman–Crippen LogP) is 4.28. The molecule has 0 aliphatic rings. The van der Waals surface area contributed by atoms with Gasteiger partial charge in [0.25, 0.3) is 0 Å². The predicted molar refractivity (Wildman–Crippen MR) is 83.2 cm³/mol. The molecule has 104 valence electrons. The largest absolute Gasteiger partial charge is 0.334 e. The van der Waals surface area contributed by atoms with Crippen molar-refractivity contribution in [3.8, 4) is 0 Å². The maximum atomic E-state index is 11.9. The highest BCUT2D eigenvalue weighted by molar-refractivity contribution is 6.31. The summed E-state index contributed by atoms with van der Waals surface area (Å²) in [5, 5.41) is 6.29. The molecule has 0 aliphatic heterocycles. The molecule has 0 radical (unpaired) electrons. The Morgan fingerprint density at radius 3 is 2.60 bits per heavy atom. The number of halogens is 1. The minimum absolute atomic E-state index is 0.237. The number of carbonyl (C=O) groups excluding carboxylic acids is 1. The molecule has 0 aliphatic carbocycles. The molecule has 2 aromatic carbocycles. The molecule has 0 fully saturated rings. The summed E-state index contributed by atoms with van der Waals surface area (Å²) < 4.78 is 0. The van der Waals surface area contributed by atoms with Crippen LogP contribution in [0.4, 0.5) is 10.5 Å². The van der Waals surface area contributed by atoms with Crippen molar-refractivity contribution in [3.63, 3.8) is 0 Å². The highest BCUT2D eigenvalue weighted by Crippen LogP contribution is 2.22. The van der Waals surface area contributed by atoms with Gasteiger partial charge in [0.1, 0.15) is 0 Å². The molecule has 0 bridgehead atoms. The first kappa shape index (κ1) is 14.4. The third-order valence-corrected chi connectivity index (χ3v) is 3.63. The maximum absolute atomic E-state index is 11.9. The summed E-state index contributed by atoms with van der Waals surface area (Å²) in [4.78, 5) is 11.9. The Balaban J connectivity index is 1.96. The summed E-state index contributed by atoms with van der Waals surface area (Å²) in [7, 11) is 0. The van der Waals surface area contributed by atoms with E-state index in [4.69, 9.17) is 11.6 Å². The first-order valence-electron chi connectivity index (χ1n) is 6.42. The normalized spacial score (nSPS) is 10.2. The monoisotopic (exact) mass is 288 g/mol. The molecule has 4 heteroatoms. The second kappa shape index (κ2) is 6.44. The third kappa shape index (κ3) is 3.52. The van der Waals surface area contributed by atoms with Crippen molar-refractivity contribution >= 4 is 23.3 Å². The van der Waals surface area contributed by atoms with E-state index < -0.39 is 0 Å². The van der Waals surface area contributed by atoms with Crippen molar-refractivity contribution in [2.75, 3.05) is 5.32 Å². The van der Waals surface area contributed by atoms with Crippen molar-refractivity contribution in [3.05, 3.63) is 64.2 Å². The Morgan fingerprint density at radius 1 is 1.10 bits per heavy atom. The first-order valence-corrected chi connectivity index (χ1v) is 6.80. The second-order valence-electron chi connectivity index (χ2n) is 4.65. The van der Waals surface area contributed by atoms with Gasteiger partial charge < -0.3 is 10.6 Å². The molecule has 2 N–H and O–H groups in total. The van der Waals surface area contributed by atoms with Crippen LogP contribution in [-0.4, -0.2) is 6.03 Å². The summed E-state index contributed by atoms with van der Waals surface area (Å²) in [6.45, 7) is 4.40. The average molecular weight is 289 g/mol. The van der Waals surface area contributed by atoms with Gasteiger partial charge in [-0.2, -0.15) is 0 Å². The molecule has 0 saturated carbocycles. The molecule has 2 rings (SSSR count). The maximum Gasteiger partial charge on any atom is 0.319 e. The zero-order chi connectivity index (χ0) is 14.5. The number of anilines is 1. The number of aryl methyl sites for hydroxylation is 1. The number of urea groups is 1. The lowest BCUT2D eigenvalue weighted by molar-refractivity contribution is 0.251. The van der Waals surface area contributed by atoms with E-state index in [1.54, 1.807) is 6.07 Å². The smallest absolute Gasteiger partial charge is 0.319 e. The highest BCUT2D eigenvalue weighted by atomic mass is 35.5. The van der Waals surface area contributed by atoms with E-state index >= 15 is 0 Å². The van der Waals surface area contributed by atoms with Crippen LogP contribution in [0.2, 0.25) is 5.02 Å². The van der Waals surface area contributed by atoms with Gasteiger partial charge in [-0.15, -0.1) is 0 Å². The fraction of sp³-hybridized carbons (Fsp3) is 0.188. The molecule has 0 atom stereocenters. The van der Waals surface area contributed by atoms with Crippen LogP contribution in [0, 0.1) is 13.8 Å². The standard InChI is InChI=1S/C16H17ClN2O/c1-11-6-3-4-7-13(11)10-18-16(20)19-15-9-5-8-14(17)12(15)2/h3-9H,10H2,1-2H3,(H2,18,19,20). The molecule has 2 amide bonds. The highest BCUT2D eigenvalue weighted by Gasteiger charge is 2.06. The van der Waals surface area contributed by atoms with E-state index in [-0.39, 0.29) is 6.03 Å². The lowest BCUT2D eigenvalue weighted by atomic mass is 10.1. The molecule has 0 heterocycles. The first-order chi connectivity index (χ1) is 9.58. The summed E-state index contributed by atoms with van der Waals surface area (Å²) in [5.74, 6) is 0. The summed E-state index contributed by atoms with van der Waals surface area (Å²) >= 11 is 6.02. The summed E-state index contributed by atoms with van der Waals surface area (Å²) in [5.41, 5.74) is 3.84. The van der Waals surface area contributed by atoms with E-state index in [1.807, 2.05) is 50.2 Å². The lowest BCUT2D eigenvalue weighted by Gasteiger charge is -2.11. The van der Waals surface area contributed by atoms with Crippen LogP contribution >= 0.6 is 11.6 Å². The third-order valence-electron chi connectivity index (χ3n) is 3.22. The van der Waals surface area contributed by atoms with E-state index in [1.165, 1.54) is 0 Å². The van der Waals surface area contributed by atoms with Crippen LogP contribution < -0.4 is 10.6 Å². The van der Waals surface area contributed by atoms with E-state index in [9.17, 15) is 4.79 Å². The van der Waals surface area contributed by atoms with Crippen LogP contribution in [0.15, 0.2) is 42.5 Å². The van der Waals surface area contributed by atoms with E-state index in [0.717, 1.165) is 22.4 Å². The Morgan fingerprint density at radius 2 is 1.85 bits per heavy atom. The van der Waals surface area contributed by atoms with Gasteiger partial charge in [-0.05, 0) is 42.7 Å². The number of nitrogens with one attached hydrogen (secondary N) is 2.